The average Bonchev–Trinajstić information content (AvgIpc) is 3.11. The largest absolute Gasteiger partial charge is 0.336 e. The van der Waals surface area contributed by atoms with Crippen LogP contribution in [-0.4, -0.2) is 30.6 Å². The van der Waals surface area contributed by atoms with Crippen LogP contribution < -0.4 is 5.32 Å². The minimum absolute atomic E-state index is 0.100. The van der Waals surface area contributed by atoms with Crippen molar-refractivity contribution < 1.29 is 4.79 Å². The molecule has 3 nitrogen and oxygen atoms in total. The van der Waals surface area contributed by atoms with E-state index < -0.39 is 0 Å². The Labute approximate surface area is 116 Å². The summed E-state index contributed by atoms with van der Waals surface area (Å²) < 4.78 is 0. The summed E-state index contributed by atoms with van der Waals surface area (Å²) in [6.45, 7) is 8.63. The van der Waals surface area contributed by atoms with Gasteiger partial charge in [0.05, 0.1) is 0 Å². The lowest BCUT2D eigenvalue weighted by Crippen LogP contribution is -2.35. The molecule has 1 aromatic carbocycles. The van der Waals surface area contributed by atoms with Crippen LogP contribution in [0.1, 0.15) is 37.8 Å². The number of aryl methyl sites for hydroxylation is 1. The molecule has 0 radical (unpaired) electrons. The Morgan fingerprint density at radius 1 is 1.21 bits per heavy atom. The summed E-state index contributed by atoms with van der Waals surface area (Å²) in [6, 6.07) is 8.87. The Hall–Kier alpha value is -1.51. The van der Waals surface area contributed by atoms with Crippen LogP contribution in [0.15, 0.2) is 24.3 Å². The summed E-state index contributed by atoms with van der Waals surface area (Å²) in [5.41, 5.74) is 2.93. The highest BCUT2D eigenvalue weighted by Gasteiger charge is 2.46. The molecule has 2 fully saturated rings. The molecule has 1 saturated heterocycles. The molecule has 1 heterocycles. The molecule has 2 amide bonds. The molecule has 3 rings (SSSR count). The Morgan fingerprint density at radius 2 is 1.84 bits per heavy atom. The number of nitrogens with one attached hydrogen (secondary N) is 1. The van der Waals surface area contributed by atoms with E-state index in [1.165, 1.54) is 24.0 Å². The number of rotatable bonds is 3. The highest BCUT2D eigenvalue weighted by Crippen LogP contribution is 2.48. The first kappa shape index (κ1) is 13.9. The molecular weight excluding hydrogens is 236 g/mol. The topological polar surface area (TPSA) is 32.3 Å². The average molecular weight is 260 g/mol. The predicted molar refractivity (Wildman–Crippen MR) is 78.4 cm³/mol. The van der Waals surface area contributed by atoms with Crippen LogP contribution in [0, 0.1) is 6.92 Å². The summed E-state index contributed by atoms with van der Waals surface area (Å²) in [7, 11) is 0. The third-order valence-corrected chi connectivity index (χ3v) is 3.96. The number of urea groups is 1. The number of carbonyl (C=O) groups excluding carboxylic acids is 1. The SMILES string of the molecule is CC.Cc1ccc(C2(CN3CCNC3=O)CC2)cc1. The van der Waals surface area contributed by atoms with Crippen molar-refractivity contribution in [3.63, 3.8) is 0 Å². The van der Waals surface area contributed by atoms with E-state index in [4.69, 9.17) is 0 Å². The first-order chi connectivity index (χ1) is 9.20. The van der Waals surface area contributed by atoms with Gasteiger partial charge in [-0.3, -0.25) is 0 Å². The lowest BCUT2D eigenvalue weighted by molar-refractivity contribution is 0.213. The van der Waals surface area contributed by atoms with Gasteiger partial charge in [0, 0.05) is 25.0 Å². The Bertz CT molecular complexity index is 435. The van der Waals surface area contributed by atoms with Crippen LogP contribution in [0.3, 0.4) is 0 Å². The van der Waals surface area contributed by atoms with Crippen molar-refractivity contribution in [3.8, 4) is 0 Å². The van der Waals surface area contributed by atoms with E-state index in [0.29, 0.717) is 0 Å². The summed E-state index contributed by atoms with van der Waals surface area (Å²) in [5, 5.41) is 2.87. The molecule has 19 heavy (non-hydrogen) atoms. The summed E-state index contributed by atoms with van der Waals surface area (Å²) >= 11 is 0. The Morgan fingerprint density at radius 3 is 2.32 bits per heavy atom. The second kappa shape index (κ2) is 5.64. The predicted octanol–water partition coefficient (Wildman–Crippen LogP) is 3.08. The number of benzene rings is 1. The van der Waals surface area contributed by atoms with Crippen molar-refractivity contribution in [3.05, 3.63) is 35.4 Å². The quantitative estimate of drug-likeness (QED) is 0.890. The summed E-state index contributed by atoms with van der Waals surface area (Å²) in [6.07, 6.45) is 2.42. The minimum atomic E-state index is 0.100. The second-order valence-corrected chi connectivity index (χ2v) is 5.30. The molecule has 0 atom stereocenters. The third-order valence-electron chi connectivity index (χ3n) is 3.96. The van der Waals surface area contributed by atoms with Crippen LogP contribution >= 0.6 is 0 Å². The maximum atomic E-state index is 11.6. The monoisotopic (exact) mass is 260 g/mol. The van der Waals surface area contributed by atoms with Crippen LogP contribution in [0.4, 0.5) is 4.79 Å². The molecule has 104 valence electrons. The standard InChI is InChI=1S/C14H18N2O.C2H6/c1-11-2-4-12(5-3-11)14(6-7-14)10-16-9-8-15-13(16)17;1-2/h2-5H,6-10H2,1H3,(H,15,17);1-2H3. The van der Waals surface area contributed by atoms with E-state index in [2.05, 4.69) is 36.5 Å². The van der Waals surface area contributed by atoms with Gasteiger partial charge in [0.15, 0.2) is 0 Å². The number of hydrogen-bond acceptors (Lipinski definition) is 1. The van der Waals surface area contributed by atoms with Gasteiger partial charge < -0.3 is 10.2 Å². The fourth-order valence-corrected chi connectivity index (χ4v) is 2.62. The van der Waals surface area contributed by atoms with E-state index in [1.54, 1.807) is 0 Å². The zero-order valence-corrected chi connectivity index (χ0v) is 12.2. The van der Waals surface area contributed by atoms with Crippen LogP contribution in [-0.2, 0) is 5.41 Å². The van der Waals surface area contributed by atoms with Crippen LogP contribution in [0.25, 0.3) is 0 Å². The fraction of sp³-hybridized carbons (Fsp3) is 0.562. The van der Waals surface area contributed by atoms with Crippen molar-refractivity contribution in [2.45, 2.75) is 39.0 Å². The van der Waals surface area contributed by atoms with Crippen molar-refractivity contribution in [1.29, 1.82) is 0 Å². The molecule has 1 aliphatic heterocycles. The van der Waals surface area contributed by atoms with E-state index >= 15 is 0 Å². The van der Waals surface area contributed by atoms with Crippen molar-refractivity contribution in [2.75, 3.05) is 19.6 Å². The lowest BCUT2D eigenvalue weighted by atomic mass is 9.94. The molecule has 1 saturated carbocycles. The van der Waals surface area contributed by atoms with Crippen LogP contribution in [0.2, 0.25) is 0 Å². The number of amides is 2. The molecule has 3 heteroatoms. The van der Waals surface area contributed by atoms with E-state index in [0.717, 1.165) is 19.6 Å². The summed E-state index contributed by atoms with van der Waals surface area (Å²) in [4.78, 5) is 13.5. The third kappa shape index (κ3) is 2.91. The van der Waals surface area contributed by atoms with Gasteiger partial charge in [0.1, 0.15) is 0 Å². The smallest absolute Gasteiger partial charge is 0.317 e. The highest BCUT2D eigenvalue weighted by atomic mass is 16.2. The van der Waals surface area contributed by atoms with Gasteiger partial charge >= 0.3 is 6.03 Å². The van der Waals surface area contributed by atoms with E-state index in [9.17, 15) is 4.79 Å². The number of hydrogen-bond donors (Lipinski definition) is 1. The van der Waals surface area contributed by atoms with Gasteiger partial charge in [-0.2, -0.15) is 0 Å². The van der Waals surface area contributed by atoms with Crippen LogP contribution in [0.5, 0.6) is 0 Å². The van der Waals surface area contributed by atoms with E-state index in [-0.39, 0.29) is 11.4 Å². The molecular formula is C16H24N2O. The normalized spacial score (nSPS) is 19.5. The molecule has 1 aliphatic carbocycles. The number of carbonyl (C=O) groups is 1. The molecule has 0 aromatic heterocycles. The second-order valence-electron chi connectivity index (χ2n) is 5.30. The van der Waals surface area contributed by atoms with Crippen molar-refractivity contribution in [1.82, 2.24) is 10.2 Å². The van der Waals surface area contributed by atoms with Gasteiger partial charge in [0.25, 0.3) is 0 Å². The molecule has 0 spiro atoms. The fourth-order valence-electron chi connectivity index (χ4n) is 2.62. The van der Waals surface area contributed by atoms with Gasteiger partial charge in [0.2, 0.25) is 0 Å². The summed E-state index contributed by atoms with van der Waals surface area (Å²) in [5.74, 6) is 0. The number of nitrogens with zero attached hydrogens (tertiary/aromatic N) is 1. The molecule has 1 aromatic rings. The van der Waals surface area contributed by atoms with Gasteiger partial charge in [-0.25, -0.2) is 4.79 Å². The first-order valence-electron chi connectivity index (χ1n) is 7.30. The lowest BCUT2D eigenvalue weighted by Gasteiger charge is -2.22. The van der Waals surface area contributed by atoms with E-state index in [1.807, 2.05) is 18.7 Å². The minimum Gasteiger partial charge on any atom is -0.336 e. The van der Waals surface area contributed by atoms with Gasteiger partial charge in [-0.05, 0) is 25.3 Å². The Kier molecular flexibility index (Phi) is 4.13. The highest BCUT2D eigenvalue weighted by molar-refractivity contribution is 5.76. The maximum absolute atomic E-state index is 11.6. The van der Waals surface area contributed by atoms with Gasteiger partial charge in [-0.1, -0.05) is 43.7 Å². The Balaban J connectivity index is 0.000000637. The maximum Gasteiger partial charge on any atom is 0.317 e. The molecule has 0 unspecified atom stereocenters. The van der Waals surface area contributed by atoms with Gasteiger partial charge in [-0.15, -0.1) is 0 Å². The van der Waals surface area contributed by atoms with Crippen molar-refractivity contribution >= 4 is 6.03 Å². The molecule has 2 aliphatic rings. The van der Waals surface area contributed by atoms with Crippen molar-refractivity contribution in [2.24, 2.45) is 0 Å². The molecule has 1 N–H and O–H groups in total. The zero-order chi connectivity index (χ0) is 13.9. The molecule has 0 bridgehead atoms. The zero-order valence-electron chi connectivity index (χ0n) is 12.2. The first-order valence-corrected chi connectivity index (χ1v) is 7.30.